The lowest BCUT2D eigenvalue weighted by molar-refractivity contribution is -0.116. The first-order chi connectivity index (χ1) is 11.6. The fourth-order valence-electron chi connectivity index (χ4n) is 2.41. The summed E-state index contributed by atoms with van der Waals surface area (Å²) in [6, 6.07) is 7.04. The Balaban J connectivity index is 2.36. The molecule has 2 amide bonds. The molecule has 24 heavy (non-hydrogen) atoms. The SMILES string of the molecule is CCCCC(=O)Nc1ccc(C(=O)NCCCN(CC)CC)cc1. The van der Waals surface area contributed by atoms with Crippen LogP contribution in [0, 0.1) is 0 Å². The Kier molecular flexibility index (Phi) is 9.77. The van der Waals surface area contributed by atoms with Gasteiger partial charge >= 0.3 is 0 Å². The number of nitrogens with zero attached hydrogens (tertiary/aromatic N) is 1. The van der Waals surface area contributed by atoms with Crippen LogP contribution in [0.5, 0.6) is 0 Å². The van der Waals surface area contributed by atoms with Gasteiger partial charge < -0.3 is 15.5 Å². The van der Waals surface area contributed by atoms with Gasteiger partial charge in [0.25, 0.3) is 5.91 Å². The molecule has 0 saturated carbocycles. The van der Waals surface area contributed by atoms with Crippen molar-refractivity contribution in [1.29, 1.82) is 0 Å². The van der Waals surface area contributed by atoms with Crippen molar-refractivity contribution in [3.63, 3.8) is 0 Å². The second kappa shape index (κ2) is 11.6. The topological polar surface area (TPSA) is 61.4 Å². The van der Waals surface area contributed by atoms with Gasteiger partial charge in [-0.2, -0.15) is 0 Å². The molecule has 0 fully saturated rings. The van der Waals surface area contributed by atoms with E-state index in [9.17, 15) is 9.59 Å². The number of amides is 2. The van der Waals surface area contributed by atoms with Crippen LogP contribution in [0.3, 0.4) is 0 Å². The minimum absolute atomic E-state index is 0.0189. The van der Waals surface area contributed by atoms with Gasteiger partial charge in [-0.1, -0.05) is 27.2 Å². The second-order valence-corrected chi connectivity index (χ2v) is 5.87. The zero-order chi connectivity index (χ0) is 17.8. The quantitative estimate of drug-likeness (QED) is 0.611. The molecule has 0 aliphatic heterocycles. The van der Waals surface area contributed by atoms with E-state index < -0.39 is 0 Å². The molecule has 5 nitrogen and oxygen atoms in total. The third-order valence-electron chi connectivity index (χ3n) is 4.02. The predicted molar refractivity (Wildman–Crippen MR) is 99.3 cm³/mol. The highest BCUT2D eigenvalue weighted by atomic mass is 16.2. The van der Waals surface area contributed by atoms with Crippen LogP contribution < -0.4 is 10.6 Å². The van der Waals surface area contributed by atoms with Gasteiger partial charge in [0, 0.05) is 24.2 Å². The van der Waals surface area contributed by atoms with E-state index >= 15 is 0 Å². The summed E-state index contributed by atoms with van der Waals surface area (Å²) in [6.07, 6.45) is 3.37. The molecule has 0 radical (unpaired) electrons. The Morgan fingerprint density at radius 2 is 1.67 bits per heavy atom. The zero-order valence-corrected chi connectivity index (χ0v) is 15.2. The summed E-state index contributed by atoms with van der Waals surface area (Å²) in [7, 11) is 0. The van der Waals surface area contributed by atoms with E-state index in [1.165, 1.54) is 0 Å². The van der Waals surface area contributed by atoms with E-state index in [0.29, 0.717) is 18.5 Å². The fourth-order valence-corrected chi connectivity index (χ4v) is 2.41. The summed E-state index contributed by atoms with van der Waals surface area (Å²) in [5.74, 6) is -0.0520. The molecular formula is C19H31N3O2. The highest BCUT2D eigenvalue weighted by Gasteiger charge is 2.06. The summed E-state index contributed by atoms with van der Waals surface area (Å²) in [6.45, 7) is 10.1. The van der Waals surface area contributed by atoms with Crippen molar-refractivity contribution in [1.82, 2.24) is 10.2 Å². The molecule has 0 saturated heterocycles. The molecule has 0 bridgehead atoms. The average molecular weight is 333 g/mol. The standard InChI is InChI=1S/C19H31N3O2/c1-4-7-9-18(23)21-17-12-10-16(11-13-17)19(24)20-14-8-15-22(5-2)6-3/h10-13H,4-9,14-15H2,1-3H3,(H,20,24)(H,21,23). The van der Waals surface area contributed by atoms with Crippen LogP contribution in [0.15, 0.2) is 24.3 Å². The number of carbonyl (C=O) groups excluding carboxylic acids is 2. The fraction of sp³-hybridized carbons (Fsp3) is 0.579. The van der Waals surface area contributed by atoms with E-state index in [4.69, 9.17) is 0 Å². The number of carbonyl (C=O) groups is 2. The van der Waals surface area contributed by atoms with Gasteiger partial charge in [-0.25, -0.2) is 0 Å². The normalized spacial score (nSPS) is 10.7. The molecule has 2 N–H and O–H groups in total. The van der Waals surface area contributed by atoms with Crippen molar-refractivity contribution < 1.29 is 9.59 Å². The summed E-state index contributed by atoms with van der Waals surface area (Å²) >= 11 is 0. The largest absolute Gasteiger partial charge is 0.352 e. The van der Waals surface area contributed by atoms with Gasteiger partial charge in [-0.05, 0) is 56.7 Å². The van der Waals surface area contributed by atoms with Crippen LogP contribution >= 0.6 is 0 Å². The van der Waals surface area contributed by atoms with E-state index in [2.05, 4.69) is 36.3 Å². The molecule has 0 aliphatic carbocycles. The molecule has 0 aliphatic rings. The first kappa shape index (κ1) is 20.2. The molecular weight excluding hydrogens is 302 g/mol. The van der Waals surface area contributed by atoms with E-state index in [-0.39, 0.29) is 11.8 Å². The van der Waals surface area contributed by atoms with Gasteiger partial charge in [-0.15, -0.1) is 0 Å². The summed E-state index contributed by atoms with van der Waals surface area (Å²) in [4.78, 5) is 26.1. The lowest BCUT2D eigenvalue weighted by Gasteiger charge is -2.17. The second-order valence-electron chi connectivity index (χ2n) is 5.87. The molecule has 5 heteroatoms. The predicted octanol–water partition coefficient (Wildman–Crippen LogP) is 3.28. The molecule has 0 atom stereocenters. The number of unbranched alkanes of at least 4 members (excludes halogenated alkanes) is 1. The molecule has 1 aromatic carbocycles. The summed E-state index contributed by atoms with van der Waals surface area (Å²) in [5, 5.41) is 5.78. The van der Waals surface area contributed by atoms with E-state index in [1.807, 2.05) is 0 Å². The maximum Gasteiger partial charge on any atom is 0.251 e. The molecule has 0 aromatic heterocycles. The molecule has 1 aromatic rings. The van der Waals surface area contributed by atoms with Crippen LogP contribution in [-0.2, 0) is 4.79 Å². The number of hydrogen-bond acceptors (Lipinski definition) is 3. The molecule has 134 valence electrons. The summed E-state index contributed by atoms with van der Waals surface area (Å²) in [5.41, 5.74) is 1.35. The third-order valence-corrected chi connectivity index (χ3v) is 4.02. The van der Waals surface area contributed by atoms with Crippen LogP contribution in [0.1, 0.15) is 56.8 Å². The average Bonchev–Trinajstić information content (AvgIpc) is 2.60. The van der Waals surface area contributed by atoms with Crippen LogP contribution in [0.25, 0.3) is 0 Å². The Bertz CT molecular complexity index is 496. The van der Waals surface area contributed by atoms with E-state index in [1.54, 1.807) is 24.3 Å². The molecule has 0 heterocycles. The smallest absolute Gasteiger partial charge is 0.251 e. The molecule has 1 rings (SSSR count). The highest BCUT2D eigenvalue weighted by molar-refractivity contribution is 5.95. The van der Waals surface area contributed by atoms with Gasteiger partial charge in [0.2, 0.25) is 5.91 Å². The number of benzene rings is 1. The van der Waals surface area contributed by atoms with Crippen molar-refractivity contribution >= 4 is 17.5 Å². The lowest BCUT2D eigenvalue weighted by atomic mass is 10.2. The minimum atomic E-state index is -0.0709. The minimum Gasteiger partial charge on any atom is -0.352 e. The van der Waals surface area contributed by atoms with Crippen molar-refractivity contribution in [2.24, 2.45) is 0 Å². The maximum atomic E-state index is 12.1. The Labute approximate surface area is 145 Å². The van der Waals surface area contributed by atoms with Crippen molar-refractivity contribution in [2.45, 2.75) is 46.5 Å². The Morgan fingerprint density at radius 3 is 2.25 bits per heavy atom. The maximum absolute atomic E-state index is 12.1. The van der Waals surface area contributed by atoms with Gasteiger partial charge in [-0.3, -0.25) is 9.59 Å². The van der Waals surface area contributed by atoms with Gasteiger partial charge in [0.1, 0.15) is 0 Å². The zero-order valence-electron chi connectivity index (χ0n) is 15.2. The first-order valence-corrected chi connectivity index (χ1v) is 9.01. The lowest BCUT2D eigenvalue weighted by Crippen LogP contribution is -2.29. The van der Waals surface area contributed by atoms with Crippen LogP contribution in [0.4, 0.5) is 5.69 Å². The third kappa shape index (κ3) is 7.59. The molecule has 0 unspecified atom stereocenters. The first-order valence-electron chi connectivity index (χ1n) is 9.01. The summed E-state index contributed by atoms with van der Waals surface area (Å²) < 4.78 is 0. The van der Waals surface area contributed by atoms with Crippen molar-refractivity contribution in [3.05, 3.63) is 29.8 Å². The van der Waals surface area contributed by atoms with Crippen molar-refractivity contribution in [2.75, 3.05) is 31.5 Å². The number of anilines is 1. The number of nitrogens with one attached hydrogen (secondary N) is 2. The van der Waals surface area contributed by atoms with Gasteiger partial charge in [0.05, 0.1) is 0 Å². The Morgan fingerprint density at radius 1 is 1.00 bits per heavy atom. The van der Waals surface area contributed by atoms with E-state index in [0.717, 1.165) is 44.6 Å². The number of rotatable bonds is 11. The highest BCUT2D eigenvalue weighted by Crippen LogP contribution is 2.10. The van der Waals surface area contributed by atoms with Crippen molar-refractivity contribution in [3.8, 4) is 0 Å². The molecule has 0 spiro atoms. The number of hydrogen-bond donors (Lipinski definition) is 2. The Hall–Kier alpha value is -1.88. The van der Waals surface area contributed by atoms with Crippen LogP contribution in [-0.4, -0.2) is 42.9 Å². The van der Waals surface area contributed by atoms with Crippen LogP contribution in [0.2, 0.25) is 0 Å². The monoisotopic (exact) mass is 333 g/mol. The van der Waals surface area contributed by atoms with Gasteiger partial charge in [0.15, 0.2) is 0 Å².